The molecule has 1 spiro atoms. The van der Waals surface area contributed by atoms with Crippen molar-refractivity contribution in [3.8, 4) is 0 Å². The van der Waals surface area contributed by atoms with Gasteiger partial charge in [0.05, 0.1) is 22.3 Å². The molecule has 0 unspecified atom stereocenters. The molecule has 0 amide bonds. The number of aliphatic imine (C=N–C) groups is 1. The van der Waals surface area contributed by atoms with E-state index in [9.17, 15) is 14.7 Å². The molecule has 3 aliphatic carbocycles. The van der Waals surface area contributed by atoms with Gasteiger partial charge in [-0.3, -0.25) is 9.79 Å². The van der Waals surface area contributed by atoms with E-state index >= 15 is 0 Å². The zero-order valence-corrected chi connectivity index (χ0v) is 16.1. The van der Waals surface area contributed by atoms with Gasteiger partial charge in [0.15, 0.2) is 5.78 Å². The topological polar surface area (TPSA) is 72.8 Å². The molecule has 0 aromatic rings. The van der Waals surface area contributed by atoms with Gasteiger partial charge >= 0.3 is 0 Å². The smallest absolute Gasteiger partial charge is 0.194 e. The average Bonchev–Trinajstić information content (AvgIpc) is 2.97. The number of ketones is 1. The molecule has 5 rings (SSSR count). The fraction of sp³-hybridized carbons (Fsp3) is 0.571. The molecule has 0 radical (unpaired) electrons. The first-order valence-corrected chi connectivity index (χ1v) is 11.0. The maximum Gasteiger partial charge on any atom is 0.194 e. The lowest BCUT2D eigenvalue weighted by Gasteiger charge is -2.52. The van der Waals surface area contributed by atoms with Crippen molar-refractivity contribution >= 4 is 29.2 Å². The summed E-state index contributed by atoms with van der Waals surface area (Å²) in [6.45, 7) is 0. The molecular formula is C21H23N2O3S-. The third kappa shape index (κ3) is 2.64. The number of fused-ring (bicyclic) bond motifs is 3. The van der Waals surface area contributed by atoms with Gasteiger partial charge in [-0.25, -0.2) is 0 Å². The summed E-state index contributed by atoms with van der Waals surface area (Å²) in [7, 11) is 0. The molecular weight excluding hydrogens is 360 g/mol. The van der Waals surface area contributed by atoms with Crippen molar-refractivity contribution in [3.05, 3.63) is 34.0 Å². The number of carboxylic acid groups (broad SMARTS) is 1. The van der Waals surface area contributed by atoms with Gasteiger partial charge < -0.3 is 14.8 Å². The first kappa shape index (κ1) is 17.3. The van der Waals surface area contributed by atoms with Crippen molar-refractivity contribution in [2.24, 2.45) is 10.9 Å². The minimum absolute atomic E-state index is 0.108. The molecule has 0 aromatic heterocycles. The lowest BCUT2D eigenvalue weighted by molar-refractivity contribution is -0.301. The van der Waals surface area contributed by atoms with Crippen molar-refractivity contribution in [2.45, 2.75) is 63.5 Å². The Bertz CT molecular complexity index is 853. The maximum absolute atomic E-state index is 12.7. The number of aliphatic carboxylic acids is 1. The molecule has 2 aliphatic heterocycles. The van der Waals surface area contributed by atoms with E-state index in [0.717, 1.165) is 42.4 Å². The van der Waals surface area contributed by atoms with Gasteiger partial charge in [-0.15, -0.1) is 11.8 Å². The van der Waals surface area contributed by atoms with Crippen molar-refractivity contribution in [3.63, 3.8) is 0 Å². The van der Waals surface area contributed by atoms with Gasteiger partial charge in [0.25, 0.3) is 0 Å². The molecule has 1 fully saturated rings. The quantitative estimate of drug-likeness (QED) is 0.701. The largest absolute Gasteiger partial charge is 0.549 e. The highest BCUT2D eigenvalue weighted by Gasteiger charge is 2.55. The van der Waals surface area contributed by atoms with Crippen LogP contribution in [0.3, 0.4) is 0 Å². The van der Waals surface area contributed by atoms with Crippen molar-refractivity contribution < 1.29 is 14.7 Å². The normalized spacial score (nSPS) is 32.0. The number of nitrogens with zero attached hydrogens (tertiary/aromatic N) is 2. The lowest BCUT2D eigenvalue weighted by Crippen LogP contribution is -2.53. The van der Waals surface area contributed by atoms with E-state index in [-0.39, 0.29) is 17.2 Å². The van der Waals surface area contributed by atoms with E-state index in [0.29, 0.717) is 10.8 Å². The standard InChI is InChI=1S/C21H24N2O3S/c24-18-11-17-15(10-19(18)27-12-20(25)26)22-21-8-4-3-6-14(21)9-13-5-1-2-7-16(13)23(17)21/h10-11,14H,1-9,12H2,(H,25,26)/p-1/t14-,21+/m1/s1. The van der Waals surface area contributed by atoms with Gasteiger partial charge in [-0.2, -0.15) is 0 Å². The SMILES string of the molecule is O=C([O-])CSC1=CC2=N[C@]34CCCC[C@@H]3CC3=C(CCCC3)N4C2=CC1=O. The highest BCUT2D eigenvalue weighted by molar-refractivity contribution is 8.04. The number of thioether (sulfide) groups is 1. The van der Waals surface area contributed by atoms with E-state index in [1.165, 1.54) is 44.2 Å². The van der Waals surface area contributed by atoms with E-state index in [1.807, 2.05) is 6.08 Å². The Morgan fingerprint density at radius 3 is 2.96 bits per heavy atom. The van der Waals surface area contributed by atoms with Crippen LogP contribution in [-0.4, -0.2) is 33.8 Å². The van der Waals surface area contributed by atoms with Gasteiger partial charge in [-0.1, -0.05) is 12.0 Å². The summed E-state index contributed by atoms with van der Waals surface area (Å²) in [5.74, 6) is -0.953. The summed E-state index contributed by atoms with van der Waals surface area (Å²) >= 11 is 1.04. The van der Waals surface area contributed by atoms with Crippen LogP contribution in [0, 0.1) is 5.92 Å². The Morgan fingerprint density at radius 1 is 1.26 bits per heavy atom. The third-order valence-corrected chi connectivity index (χ3v) is 7.65. The molecule has 6 heteroatoms. The van der Waals surface area contributed by atoms with Crippen LogP contribution in [0.1, 0.15) is 57.8 Å². The predicted octanol–water partition coefficient (Wildman–Crippen LogP) is 2.69. The molecule has 142 valence electrons. The van der Waals surface area contributed by atoms with E-state index < -0.39 is 5.97 Å². The molecule has 27 heavy (non-hydrogen) atoms. The lowest BCUT2D eigenvalue weighted by atomic mass is 9.70. The molecule has 5 nitrogen and oxygen atoms in total. The minimum Gasteiger partial charge on any atom is -0.549 e. The predicted molar refractivity (Wildman–Crippen MR) is 103 cm³/mol. The highest BCUT2D eigenvalue weighted by Crippen LogP contribution is 2.56. The van der Waals surface area contributed by atoms with Gasteiger partial charge in [0, 0.05) is 23.4 Å². The molecule has 2 heterocycles. The summed E-state index contributed by atoms with van der Waals surface area (Å²) in [6.07, 6.45) is 14.1. The number of carbonyl (C=O) groups is 2. The summed E-state index contributed by atoms with van der Waals surface area (Å²) in [5, 5.41) is 10.8. The fourth-order valence-corrected chi connectivity index (χ4v) is 6.23. The molecule has 0 saturated heterocycles. The van der Waals surface area contributed by atoms with E-state index in [4.69, 9.17) is 4.99 Å². The Balaban J connectivity index is 1.58. The van der Waals surface area contributed by atoms with Crippen LogP contribution in [-0.2, 0) is 9.59 Å². The fourth-order valence-electron chi connectivity index (χ4n) is 5.56. The van der Waals surface area contributed by atoms with Crippen LogP contribution in [0.4, 0.5) is 0 Å². The molecule has 5 aliphatic rings. The molecule has 0 N–H and O–H groups in total. The number of carbonyl (C=O) groups excluding carboxylic acids is 2. The zero-order valence-electron chi connectivity index (χ0n) is 15.3. The van der Waals surface area contributed by atoms with Gasteiger partial charge in [0.1, 0.15) is 5.66 Å². The Labute approximate surface area is 163 Å². The summed E-state index contributed by atoms with van der Waals surface area (Å²) < 4.78 is 0. The van der Waals surface area contributed by atoms with Crippen LogP contribution in [0.15, 0.2) is 39.0 Å². The number of hydrogen-bond acceptors (Lipinski definition) is 6. The number of rotatable bonds is 3. The molecule has 2 atom stereocenters. The summed E-state index contributed by atoms with van der Waals surface area (Å²) in [5.41, 5.74) is 4.58. The van der Waals surface area contributed by atoms with E-state index in [2.05, 4.69) is 4.90 Å². The Kier molecular flexibility index (Phi) is 4.08. The maximum atomic E-state index is 12.7. The number of allylic oxidation sites excluding steroid dienone is 5. The Morgan fingerprint density at radius 2 is 2.11 bits per heavy atom. The highest BCUT2D eigenvalue weighted by atomic mass is 32.2. The Hall–Kier alpha value is -1.82. The van der Waals surface area contributed by atoms with Crippen molar-refractivity contribution in [1.29, 1.82) is 0 Å². The van der Waals surface area contributed by atoms with Crippen molar-refractivity contribution in [2.75, 3.05) is 5.75 Å². The van der Waals surface area contributed by atoms with Crippen LogP contribution in [0.2, 0.25) is 0 Å². The number of carboxylic acids is 1. The average molecular weight is 383 g/mol. The molecule has 1 saturated carbocycles. The minimum atomic E-state index is -1.16. The third-order valence-electron chi connectivity index (χ3n) is 6.64. The zero-order chi connectivity index (χ0) is 18.6. The first-order chi connectivity index (χ1) is 13.1. The second kappa shape index (κ2) is 6.36. The van der Waals surface area contributed by atoms with E-state index in [1.54, 1.807) is 11.6 Å². The summed E-state index contributed by atoms with van der Waals surface area (Å²) in [6, 6.07) is 0. The second-order valence-electron chi connectivity index (χ2n) is 8.18. The van der Waals surface area contributed by atoms with Gasteiger partial charge in [-0.05, 0) is 57.4 Å². The van der Waals surface area contributed by atoms with Crippen LogP contribution < -0.4 is 5.11 Å². The van der Waals surface area contributed by atoms with Crippen molar-refractivity contribution in [1.82, 2.24) is 4.90 Å². The van der Waals surface area contributed by atoms with Gasteiger partial charge in [0.2, 0.25) is 0 Å². The summed E-state index contributed by atoms with van der Waals surface area (Å²) in [4.78, 5) is 31.6. The van der Waals surface area contributed by atoms with Crippen LogP contribution in [0.5, 0.6) is 0 Å². The molecule has 0 aromatic carbocycles. The second-order valence-corrected chi connectivity index (χ2v) is 9.20. The van der Waals surface area contributed by atoms with Crippen LogP contribution in [0.25, 0.3) is 0 Å². The molecule has 0 bridgehead atoms. The number of hydrogen-bond donors (Lipinski definition) is 0. The van der Waals surface area contributed by atoms with Crippen LogP contribution >= 0.6 is 11.8 Å². The first-order valence-electron chi connectivity index (χ1n) is 10.0. The monoisotopic (exact) mass is 383 g/mol.